The van der Waals surface area contributed by atoms with Gasteiger partial charge in [-0.2, -0.15) is 0 Å². The number of halogens is 1. The molecule has 0 spiro atoms. The molecule has 0 unspecified atom stereocenters. The Balaban J connectivity index is 2.04. The Kier molecular flexibility index (Phi) is 5.36. The van der Waals surface area contributed by atoms with E-state index in [-0.39, 0.29) is 12.5 Å². The van der Waals surface area contributed by atoms with Crippen molar-refractivity contribution in [3.63, 3.8) is 0 Å². The smallest absolute Gasteiger partial charge is 0.251 e. The highest BCUT2D eigenvalue weighted by Crippen LogP contribution is 2.17. The predicted octanol–water partition coefficient (Wildman–Crippen LogP) is 2.88. The van der Waals surface area contributed by atoms with Crippen molar-refractivity contribution in [3.8, 4) is 5.75 Å². The monoisotopic (exact) mass is 349 g/mol. The van der Waals surface area contributed by atoms with E-state index in [1.54, 1.807) is 25.3 Å². The first-order chi connectivity index (χ1) is 10.1. The minimum atomic E-state index is -0.206. The van der Waals surface area contributed by atoms with Gasteiger partial charge in [0, 0.05) is 16.6 Å². The zero-order valence-corrected chi connectivity index (χ0v) is 13.2. The molecule has 1 amide bonds. The number of carbonyl (C=O) groups is 1. The molecule has 4 nitrogen and oxygen atoms in total. The van der Waals surface area contributed by atoms with Gasteiger partial charge in [0.25, 0.3) is 5.91 Å². The number of aliphatic hydroxyl groups excluding tert-OH is 1. The van der Waals surface area contributed by atoms with E-state index in [4.69, 9.17) is 4.74 Å². The lowest BCUT2D eigenvalue weighted by Gasteiger charge is -2.09. The number of nitrogens with one attached hydrogen (secondary N) is 1. The van der Waals surface area contributed by atoms with Gasteiger partial charge in [-0.15, -0.1) is 0 Å². The lowest BCUT2D eigenvalue weighted by Crippen LogP contribution is -2.24. The van der Waals surface area contributed by atoms with E-state index in [2.05, 4.69) is 21.2 Å². The highest BCUT2D eigenvalue weighted by molar-refractivity contribution is 9.10. The van der Waals surface area contributed by atoms with E-state index in [0.29, 0.717) is 17.7 Å². The number of ether oxygens (including phenoxy) is 1. The molecule has 0 radical (unpaired) electrons. The summed E-state index contributed by atoms with van der Waals surface area (Å²) in [4.78, 5) is 12.2. The van der Waals surface area contributed by atoms with Gasteiger partial charge >= 0.3 is 0 Å². The van der Waals surface area contributed by atoms with E-state index in [1.165, 1.54) is 0 Å². The van der Waals surface area contributed by atoms with Crippen LogP contribution in [0.2, 0.25) is 0 Å². The van der Waals surface area contributed by atoms with Crippen molar-refractivity contribution in [1.82, 2.24) is 5.32 Å². The first kappa shape index (κ1) is 15.5. The zero-order chi connectivity index (χ0) is 15.2. The zero-order valence-electron chi connectivity index (χ0n) is 11.6. The number of rotatable bonds is 5. The van der Waals surface area contributed by atoms with Crippen LogP contribution in [0.3, 0.4) is 0 Å². The number of aliphatic hydroxyl groups is 1. The van der Waals surface area contributed by atoms with Crippen molar-refractivity contribution < 1.29 is 14.6 Å². The average Bonchev–Trinajstić information content (AvgIpc) is 2.52. The molecule has 0 aliphatic rings. The minimum absolute atomic E-state index is 0.176. The molecule has 21 heavy (non-hydrogen) atoms. The van der Waals surface area contributed by atoms with Crippen LogP contribution in [0.15, 0.2) is 46.9 Å². The molecule has 0 fully saturated rings. The minimum Gasteiger partial charge on any atom is -0.497 e. The fraction of sp³-hybridized carbons (Fsp3) is 0.188. The first-order valence-electron chi connectivity index (χ1n) is 6.44. The summed E-state index contributed by atoms with van der Waals surface area (Å²) in [7, 11) is 1.61. The highest BCUT2D eigenvalue weighted by atomic mass is 79.9. The molecule has 2 aromatic carbocycles. The predicted molar refractivity (Wildman–Crippen MR) is 84.2 cm³/mol. The normalized spacial score (nSPS) is 10.2. The lowest BCUT2D eigenvalue weighted by atomic mass is 10.1. The molecule has 0 saturated heterocycles. The Labute approximate surface area is 131 Å². The quantitative estimate of drug-likeness (QED) is 0.872. The van der Waals surface area contributed by atoms with Gasteiger partial charge in [0.2, 0.25) is 0 Å². The third-order valence-electron chi connectivity index (χ3n) is 3.09. The second kappa shape index (κ2) is 7.24. The van der Waals surface area contributed by atoms with Gasteiger partial charge < -0.3 is 15.2 Å². The first-order valence-corrected chi connectivity index (χ1v) is 7.23. The van der Waals surface area contributed by atoms with Gasteiger partial charge in [0.1, 0.15) is 5.75 Å². The summed E-state index contributed by atoms with van der Waals surface area (Å²) in [6.45, 7) is 0.245. The Morgan fingerprint density at radius 3 is 2.57 bits per heavy atom. The molecule has 5 heteroatoms. The maximum Gasteiger partial charge on any atom is 0.251 e. The third-order valence-corrected chi connectivity index (χ3v) is 3.59. The molecule has 110 valence electrons. The summed E-state index contributed by atoms with van der Waals surface area (Å²) in [6.07, 6.45) is 0. The summed E-state index contributed by atoms with van der Waals surface area (Å²) < 4.78 is 5.92. The SMILES string of the molecule is COc1ccc(CNC(=O)c2ccc(Br)cc2CO)cc1. The van der Waals surface area contributed by atoms with E-state index in [0.717, 1.165) is 15.8 Å². The second-order valence-corrected chi connectivity index (χ2v) is 5.41. The van der Waals surface area contributed by atoms with Crippen LogP contribution in [0.25, 0.3) is 0 Å². The van der Waals surface area contributed by atoms with E-state index in [1.807, 2.05) is 24.3 Å². The van der Waals surface area contributed by atoms with Gasteiger partial charge in [-0.1, -0.05) is 28.1 Å². The molecule has 0 aliphatic heterocycles. The number of hydrogen-bond acceptors (Lipinski definition) is 3. The van der Waals surface area contributed by atoms with Crippen molar-refractivity contribution >= 4 is 21.8 Å². The van der Waals surface area contributed by atoms with Gasteiger partial charge in [0.05, 0.1) is 13.7 Å². The summed E-state index contributed by atoms with van der Waals surface area (Å²) >= 11 is 3.32. The summed E-state index contributed by atoms with van der Waals surface area (Å²) in [5.74, 6) is 0.572. The topological polar surface area (TPSA) is 58.6 Å². The molecule has 0 aliphatic carbocycles. The van der Waals surface area contributed by atoms with E-state index in [9.17, 15) is 9.90 Å². The number of amides is 1. The molecule has 0 saturated carbocycles. The molecule has 2 N–H and O–H groups in total. The fourth-order valence-corrected chi connectivity index (χ4v) is 2.34. The van der Waals surface area contributed by atoms with E-state index < -0.39 is 0 Å². The Hall–Kier alpha value is -1.85. The number of benzene rings is 2. The van der Waals surface area contributed by atoms with E-state index >= 15 is 0 Å². The molecule has 0 atom stereocenters. The van der Waals surface area contributed by atoms with Crippen LogP contribution < -0.4 is 10.1 Å². The third kappa shape index (κ3) is 4.06. The Bertz CT molecular complexity index is 626. The fourth-order valence-electron chi connectivity index (χ4n) is 1.94. The molecule has 0 bridgehead atoms. The largest absolute Gasteiger partial charge is 0.497 e. The average molecular weight is 350 g/mol. The molecular weight excluding hydrogens is 334 g/mol. The van der Waals surface area contributed by atoms with Crippen molar-refractivity contribution in [2.24, 2.45) is 0 Å². The van der Waals surface area contributed by atoms with Crippen LogP contribution in [-0.4, -0.2) is 18.1 Å². The molecule has 0 aromatic heterocycles. The van der Waals surface area contributed by atoms with Crippen molar-refractivity contribution in [1.29, 1.82) is 0 Å². The van der Waals surface area contributed by atoms with Crippen LogP contribution in [-0.2, 0) is 13.2 Å². The number of hydrogen-bond donors (Lipinski definition) is 2. The standard InChI is InChI=1S/C16H16BrNO3/c1-21-14-5-2-11(3-6-14)9-18-16(20)15-7-4-13(17)8-12(15)10-19/h2-8,19H,9-10H2,1H3,(H,18,20). The summed E-state index contributed by atoms with van der Waals surface area (Å²) in [6, 6.07) is 12.7. The van der Waals surface area contributed by atoms with Crippen LogP contribution in [0.4, 0.5) is 0 Å². The van der Waals surface area contributed by atoms with Crippen LogP contribution in [0, 0.1) is 0 Å². The Morgan fingerprint density at radius 2 is 1.95 bits per heavy atom. The Morgan fingerprint density at radius 1 is 1.24 bits per heavy atom. The van der Waals surface area contributed by atoms with Crippen LogP contribution >= 0.6 is 15.9 Å². The van der Waals surface area contributed by atoms with Crippen molar-refractivity contribution in [2.75, 3.05) is 7.11 Å². The molecule has 2 aromatic rings. The number of carbonyl (C=O) groups excluding carboxylic acids is 1. The van der Waals surface area contributed by atoms with Gasteiger partial charge in [-0.3, -0.25) is 4.79 Å². The van der Waals surface area contributed by atoms with Crippen molar-refractivity contribution in [3.05, 3.63) is 63.6 Å². The van der Waals surface area contributed by atoms with Gasteiger partial charge in [-0.05, 0) is 41.5 Å². The van der Waals surface area contributed by atoms with Gasteiger partial charge in [0.15, 0.2) is 0 Å². The molecule has 0 heterocycles. The second-order valence-electron chi connectivity index (χ2n) is 4.49. The maximum absolute atomic E-state index is 12.2. The maximum atomic E-state index is 12.2. The summed E-state index contributed by atoms with van der Waals surface area (Å²) in [5, 5.41) is 12.2. The van der Waals surface area contributed by atoms with Crippen molar-refractivity contribution in [2.45, 2.75) is 13.2 Å². The molecule has 2 rings (SSSR count). The number of methoxy groups -OCH3 is 1. The summed E-state index contributed by atoms with van der Waals surface area (Å²) in [5.41, 5.74) is 2.05. The highest BCUT2D eigenvalue weighted by Gasteiger charge is 2.11. The lowest BCUT2D eigenvalue weighted by molar-refractivity contribution is 0.0948. The van der Waals surface area contributed by atoms with Crippen LogP contribution in [0.5, 0.6) is 5.75 Å². The molecular formula is C16H16BrNO3. The van der Waals surface area contributed by atoms with Crippen LogP contribution in [0.1, 0.15) is 21.5 Å². The van der Waals surface area contributed by atoms with Gasteiger partial charge in [-0.25, -0.2) is 0 Å².